The normalized spacial score (nSPS) is 15.8. The van der Waals surface area contributed by atoms with Crippen LogP contribution in [0.3, 0.4) is 0 Å². The van der Waals surface area contributed by atoms with Crippen molar-refractivity contribution in [3.63, 3.8) is 0 Å². The molecule has 3 rings (SSSR count). The Morgan fingerprint density at radius 2 is 2.04 bits per heavy atom. The standard InChI is InChI=1S/C18H23N3O4/c1-2-14(12-22)19-18(23)15-16(13-6-4-3-5-7-13)25-20-17(15)21-8-10-24-11-9-21/h3-7,14,22H,2,8-12H2,1H3,(H,19,23). The average molecular weight is 345 g/mol. The molecule has 0 saturated carbocycles. The summed E-state index contributed by atoms with van der Waals surface area (Å²) in [6, 6.07) is 9.13. The molecule has 1 aliphatic heterocycles. The summed E-state index contributed by atoms with van der Waals surface area (Å²) in [7, 11) is 0. The van der Waals surface area contributed by atoms with Crippen LogP contribution in [0, 0.1) is 0 Å². The number of nitrogens with one attached hydrogen (secondary N) is 1. The molecule has 2 heterocycles. The molecule has 1 amide bonds. The van der Waals surface area contributed by atoms with Crippen molar-refractivity contribution in [3.05, 3.63) is 35.9 Å². The number of hydrogen-bond donors (Lipinski definition) is 2. The van der Waals surface area contributed by atoms with Crippen molar-refractivity contribution in [2.75, 3.05) is 37.8 Å². The number of hydrogen-bond acceptors (Lipinski definition) is 6. The number of anilines is 1. The molecule has 1 unspecified atom stereocenters. The van der Waals surface area contributed by atoms with Crippen LogP contribution in [0.5, 0.6) is 0 Å². The fraction of sp³-hybridized carbons (Fsp3) is 0.444. The molecule has 25 heavy (non-hydrogen) atoms. The van der Waals surface area contributed by atoms with E-state index in [4.69, 9.17) is 9.26 Å². The Bertz CT molecular complexity index is 692. The fourth-order valence-electron chi connectivity index (χ4n) is 2.80. The minimum absolute atomic E-state index is 0.110. The molecule has 0 radical (unpaired) electrons. The van der Waals surface area contributed by atoms with Crippen molar-refractivity contribution < 1.29 is 19.2 Å². The molecule has 1 aromatic carbocycles. The molecule has 7 nitrogen and oxygen atoms in total. The topological polar surface area (TPSA) is 87.8 Å². The van der Waals surface area contributed by atoms with Gasteiger partial charge in [0.25, 0.3) is 5.91 Å². The second kappa shape index (κ2) is 8.13. The summed E-state index contributed by atoms with van der Waals surface area (Å²) in [6.07, 6.45) is 0.640. The highest BCUT2D eigenvalue weighted by atomic mass is 16.5. The molecule has 134 valence electrons. The second-order valence-electron chi connectivity index (χ2n) is 5.94. The highest BCUT2D eigenvalue weighted by Gasteiger charge is 2.29. The van der Waals surface area contributed by atoms with Crippen molar-refractivity contribution in [2.45, 2.75) is 19.4 Å². The van der Waals surface area contributed by atoms with Gasteiger partial charge in [0.2, 0.25) is 0 Å². The van der Waals surface area contributed by atoms with Crippen LogP contribution in [0.25, 0.3) is 11.3 Å². The van der Waals surface area contributed by atoms with Crippen LogP contribution in [0.15, 0.2) is 34.9 Å². The zero-order valence-corrected chi connectivity index (χ0v) is 14.3. The quantitative estimate of drug-likeness (QED) is 0.828. The molecule has 0 aliphatic carbocycles. The molecule has 1 saturated heterocycles. The van der Waals surface area contributed by atoms with E-state index in [0.29, 0.717) is 49.9 Å². The molecular formula is C18H23N3O4. The third-order valence-electron chi connectivity index (χ3n) is 4.30. The zero-order chi connectivity index (χ0) is 17.6. The van der Waals surface area contributed by atoms with E-state index in [1.165, 1.54) is 0 Å². The summed E-state index contributed by atoms with van der Waals surface area (Å²) in [4.78, 5) is 14.9. The summed E-state index contributed by atoms with van der Waals surface area (Å²) < 4.78 is 10.9. The molecule has 1 atom stereocenters. The Kier molecular flexibility index (Phi) is 5.67. The first-order valence-electron chi connectivity index (χ1n) is 8.54. The van der Waals surface area contributed by atoms with Gasteiger partial charge in [-0.3, -0.25) is 4.79 Å². The molecule has 1 fully saturated rings. The predicted octanol–water partition coefficient (Wildman–Crippen LogP) is 1.68. The Hall–Kier alpha value is -2.38. The van der Waals surface area contributed by atoms with Crippen molar-refractivity contribution in [1.82, 2.24) is 10.5 Å². The summed E-state index contributed by atoms with van der Waals surface area (Å²) in [5.74, 6) is 0.669. The summed E-state index contributed by atoms with van der Waals surface area (Å²) in [5, 5.41) is 16.4. The number of aliphatic hydroxyl groups is 1. The van der Waals surface area contributed by atoms with Crippen molar-refractivity contribution >= 4 is 11.7 Å². The van der Waals surface area contributed by atoms with Gasteiger partial charge < -0.3 is 24.6 Å². The van der Waals surface area contributed by atoms with Crippen LogP contribution in [-0.4, -0.2) is 55.1 Å². The van der Waals surface area contributed by atoms with E-state index in [-0.39, 0.29) is 18.6 Å². The first-order valence-corrected chi connectivity index (χ1v) is 8.54. The maximum atomic E-state index is 12.9. The van der Waals surface area contributed by atoms with Crippen LogP contribution in [0.4, 0.5) is 5.82 Å². The minimum Gasteiger partial charge on any atom is -0.394 e. The monoisotopic (exact) mass is 345 g/mol. The number of carbonyl (C=O) groups is 1. The first-order chi connectivity index (χ1) is 12.2. The maximum absolute atomic E-state index is 12.9. The Morgan fingerprint density at radius 3 is 2.68 bits per heavy atom. The van der Waals surface area contributed by atoms with E-state index in [1.807, 2.05) is 42.2 Å². The number of nitrogens with zero attached hydrogens (tertiary/aromatic N) is 2. The summed E-state index contributed by atoms with van der Waals surface area (Å²) in [5.41, 5.74) is 1.19. The maximum Gasteiger partial charge on any atom is 0.259 e. The van der Waals surface area contributed by atoms with E-state index in [9.17, 15) is 9.90 Å². The van der Waals surface area contributed by atoms with Crippen molar-refractivity contribution in [2.24, 2.45) is 0 Å². The lowest BCUT2D eigenvalue weighted by atomic mass is 10.1. The van der Waals surface area contributed by atoms with Crippen molar-refractivity contribution in [3.8, 4) is 11.3 Å². The third-order valence-corrected chi connectivity index (χ3v) is 4.30. The van der Waals surface area contributed by atoms with Crippen LogP contribution >= 0.6 is 0 Å². The number of rotatable bonds is 6. The smallest absolute Gasteiger partial charge is 0.259 e. The SMILES string of the molecule is CCC(CO)NC(=O)c1c(N2CCOCC2)noc1-c1ccccc1. The van der Waals surface area contributed by atoms with Gasteiger partial charge in [-0.1, -0.05) is 42.4 Å². The number of aromatic nitrogens is 1. The van der Waals surface area contributed by atoms with Crippen LogP contribution in [-0.2, 0) is 4.74 Å². The number of ether oxygens (including phenoxy) is 1. The number of morpholine rings is 1. The lowest BCUT2D eigenvalue weighted by Gasteiger charge is -2.27. The fourth-order valence-corrected chi connectivity index (χ4v) is 2.80. The highest BCUT2D eigenvalue weighted by molar-refractivity contribution is 6.04. The molecule has 7 heteroatoms. The lowest BCUT2D eigenvalue weighted by molar-refractivity contribution is 0.0914. The van der Waals surface area contributed by atoms with Gasteiger partial charge in [0.1, 0.15) is 5.56 Å². The molecule has 2 aromatic rings. The molecule has 0 bridgehead atoms. The summed E-state index contributed by atoms with van der Waals surface area (Å²) in [6.45, 7) is 4.28. The van der Waals surface area contributed by atoms with Gasteiger partial charge in [-0.2, -0.15) is 0 Å². The predicted molar refractivity (Wildman–Crippen MR) is 93.6 cm³/mol. The van der Waals surface area contributed by atoms with E-state index in [0.717, 1.165) is 5.56 Å². The first kappa shape index (κ1) is 17.4. The van der Waals surface area contributed by atoms with Gasteiger partial charge in [0, 0.05) is 18.7 Å². The third kappa shape index (κ3) is 3.83. The van der Waals surface area contributed by atoms with Gasteiger partial charge in [-0.25, -0.2) is 0 Å². The van der Waals surface area contributed by atoms with Gasteiger partial charge in [-0.05, 0) is 6.42 Å². The second-order valence-corrected chi connectivity index (χ2v) is 5.94. The van der Waals surface area contributed by atoms with E-state index in [1.54, 1.807) is 0 Å². The van der Waals surface area contributed by atoms with E-state index >= 15 is 0 Å². The van der Waals surface area contributed by atoms with Crippen LogP contribution < -0.4 is 10.2 Å². The number of amides is 1. The molecule has 0 spiro atoms. The molecule has 2 N–H and O–H groups in total. The Labute approximate surface area is 146 Å². The van der Waals surface area contributed by atoms with E-state index in [2.05, 4.69) is 10.5 Å². The Morgan fingerprint density at radius 1 is 1.32 bits per heavy atom. The lowest BCUT2D eigenvalue weighted by Crippen LogP contribution is -2.40. The highest BCUT2D eigenvalue weighted by Crippen LogP contribution is 2.31. The van der Waals surface area contributed by atoms with E-state index < -0.39 is 0 Å². The zero-order valence-electron chi connectivity index (χ0n) is 14.3. The summed E-state index contributed by atoms with van der Waals surface area (Å²) >= 11 is 0. The van der Waals surface area contributed by atoms with Crippen molar-refractivity contribution in [1.29, 1.82) is 0 Å². The molecular weight excluding hydrogens is 322 g/mol. The number of benzene rings is 1. The van der Waals surface area contributed by atoms with Gasteiger partial charge in [-0.15, -0.1) is 0 Å². The molecule has 1 aliphatic rings. The van der Waals surface area contributed by atoms with Crippen LogP contribution in [0.2, 0.25) is 0 Å². The van der Waals surface area contributed by atoms with Gasteiger partial charge >= 0.3 is 0 Å². The molecule has 1 aromatic heterocycles. The minimum atomic E-state index is -0.302. The number of carbonyl (C=O) groups excluding carboxylic acids is 1. The number of aliphatic hydroxyl groups excluding tert-OH is 1. The average Bonchev–Trinajstić information content (AvgIpc) is 3.12. The van der Waals surface area contributed by atoms with Crippen LogP contribution in [0.1, 0.15) is 23.7 Å². The largest absolute Gasteiger partial charge is 0.394 e. The van der Waals surface area contributed by atoms with Gasteiger partial charge in [0.15, 0.2) is 11.6 Å². The Balaban J connectivity index is 1.98. The van der Waals surface area contributed by atoms with Gasteiger partial charge in [0.05, 0.1) is 25.9 Å².